The Balaban J connectivity index is 2.19. The standard InChI is InChI=1S/C9H13IN2O/c10-9-11-5-6-12(9)7-3-1-2-4-8(7)13/h5-8,13H,1-4H2. The molecule has 4 heteroatoms. The SMILES string of the molecule is OC1CCCCC1n1ccnc1I. The third kappa shape index (κ3) is 1.88. The summed E-state index contributed by atoms with van der Waals surface area (Å²) in [5.41, 5.74) is 0. The molecule has 1 N–H and O–H groups in total. The summed E-state index contributed by atoms with van der Waals surface area (Å²) in [6.07, 6.45) is 7.95. The van der Waals surface area contributed by atoms with Crippen molar-refractivity contribution >= 4 is 22.6 Å². The Labute approximate surface area is 91.3 Å². The molecule has 2 unspecified atom stereocenters. The quantitative estimate of drug-likeness (QED) is 0.804. The topological polar surface area (TPSA) is 38.0 Å². The lowest BCUT2D eigenvalue weighted by Gasteiger charge is -2.29. The van der Waals surface area contributed by atoms with Gasteiger partial charge in [0.05, 0.1) is 12.1 Å². The van der Waals surface area contributed by atoms with Crippen LogP contribution in [0.15, 0.2) is 12.4 Å². The van der Waals surface area contributed by atoms with Gasteiger partial charge in [0, 0.05) is 12.4 Å². The second-order valence-electron chi connectivity index (χ2n) is 3.52. The minimum Gasteiger partial charge on any atom is -0.391 e. The van der Waals surface area contributed by atoms with E-state index < -0.39 is 0 Å². The highest BCUT2D eigenvalue weighted by atomic mass is 127. The van der Waals surface area contributed by atoms with E-state index in [1.165, 1.54) is 6.42 Å². The lowest BCUT2D eigenvalue weighted by atomic mass is 9.92. The predicted octanol–water partition coefficient (Wildman–Crippen LogP) is 1.96. The van der Waals surface area contributed by atoms with E-state index in [0.717, 1.165) is 23.1 Å². The average Bonchev–Trinajstić information content (AvgIpc) is 2.52. The summed E-state index contributed by atoms with van der Waals surface area (Å²) in [7, 11) is 0. The molecule has 0 spiro atoms. The number of nitrogens with zero attached hydrogens (tertiary/aromatic N) is 2. The lowest BCUT2D eigenvalue weighted by Crippen LogP contribution is -2.27. The van der Waals surface area contributed by atoms with Crippen molar-refractivity contribution in [3.63, 3.8) is 0 Å². The molecule has 2 rings (SSSR count). The molecular weight excluding hydrogens is 279 g/mol. The zero-order chi connectivity index (χ0) is 9.26. The number of aromatic nitrogens is 2. The van der Waals surface area contributed by atoms with Gasteiger partial charge in [-0.3, -0.25) is 0 Å². The minimum absolute atomic E-state index is 0.184. The number of aliphatic hydroxyl groups excluding tert-OH is 1. The van der Waals surface area contributed by atoms with E-state index in [0.29, 0.717) is 0 Å². The molecule has 0 amide bonds. The molecule has 1 aromatic heterocycles. The van der Waals surface area contributed by atoms with E-state index >= 15 is 0 Å². The maximum absolute atomic E-state index is 9.81. The fourth-order valence-corrected chi connectivity index (χ4v) is 2.64. The molecule has 0 bridgehead atoms. The fourth-order valence-electron chi connectivity index (χ4n) is 1.96. The van der Waals surface area contributed by atoms with Crippen LogP contribution >= 0.6 is 22.6 Å². The van der Waals surface area contributed by atoms with Crippen LogP contribution in [0, 0.1) is 3.83 Å². The maximum Gasteiger partial charge on any atom is 0.171 e. The largest absolute Gasteiger partial charge is 0.391 e. The van der Waals surface area contributed by atoms with Crippen LogP contribution in [0.4, 0.5) is 0 Å². The zero-order valence-corrected chi connectivity index (χ0v) is 9.51. The van der Waals surface area contributed by atoms with Crippen LogP contribution in [-0.4, -0.2) is 20.8 Å². The van der Waals surface area contributed by atoms with Crippen LogP contribution in [0.2, 0.25) is 0 Å². The van der Waals surface area contributed by atoms with E-state index in [1.807, 2.05) is 6.20 Å². The van der Waals surface area contributed by atoms with Gasteiger partial charge < -0.3 is 9.67 Å². The van der Waals surface area contributed by atoms with Gasteiger partial charge in [0.25, 0.3) is 0 Å². The highest BCUT2D eigenvalue weighted by Gasteiger charge is 2.25. The van der Waals surface area contributed by atoms with Crippen molar-refractivity contribution in [2.45, 2.75) is 37.8 Å². The number of rotatable bonds is 1. The molecule has 1 saturated carbocycles. The van der Waals surface area contributed by atoms with Crippen molar-refractivity contribution in [1.29, 1.82) is 0 Å². The predicted molar refractivity (Wildman–Crippen MR) is 58.5 cm³/mol. The summed E-state index contributed by atoms with van der Waals surface area (Å²) in [6, 6.07) is 0.253. The molecule has 1 aliphatic carbocycles. The van der Waals surface area contributed by atoms with Crippen LogP contribution in [0.1, 0.15) is 31.7 Å². The molecule has 0 saturated heterocycles. The molecule has 0 radical (unpaired) electrons. The molecule has 0 aromatic carbocycles. The van der Waals surface area contributed by atoms with Crippen LogP contribution in [-0.2, 0) is 0 Å². The van der Waals surface area contributed by atoms with Crippen molar-refractivity contribution in [1.82, 2.24) is 9.55 Å². The van der Waals surface area contributed by atoms with E-state index in [9.17, 15) is 5.11 Å². The number of hydrogen-bond donors (Lipinski definition) is 1. The minimum atomic E-state index is -0.184. The summed E-state index contributed by atoms with van der Waals surface area (Å²) in [6.45, 7) is 0. The van der Waals surface area contributed by atoms with Gasteiger partial charge in [-0.15, -0.1) is 0 Å². The first-order valence-electron chi connectivity index (χ1n) is 4.65. The average molecular weight is 292 g/mol. The third-order valence-electron chi connectivity index (χ3n) is 2.67. The molecule has 1 heterocycles. The first-order chi connectivity index (χ1) is 6.29. The van der Waals surface area contributed by atoms with Crippen LogP contribution in [0.5, 0.6) is 0 Å². The number of halogens is 1. The summed E-state index contributed by atoms with van der Waals surface area (Å²) in [5, 5.41) is 9.81. The van der Waals surface area contributed by atoms with Crippen molar-refractivity contribution in [3.05, 3.63) is 16.2 Å². The summed E-state index contributed by atoms with van der Waals surface area (Å²) in [4.78, 5) is 4.16. The van der Waals surface area contributed by atoms with Crippen LogP contribution in [0.25, 0.3) is 0 Å². The summed E-state index contributed by atoms with van der Waals surface area (Å²) in [5.74, 6) is 0. The third-order valence-corrected chi connectivity index (χ3v) is 3.51. The van der Waals surface area contributed by atoms with Gasteiger partial charge in [0.2, 0.25) is 0 Å². The van der Waals surface area contributed by atoms with E-state index in [1.54, 1.807) is 6.20 Å². The van der Waals surface area contributed by atoms with Gasteiger partial charge in [0.15, 0.2) is 3.83 Å². The first kappa shape index (κ1) is 9.45. The smallest absolute Gasteiger partial charge is 0.171 e. The van der Waals surface area contributed by atoms with Gasteiger partial charge in [-0.1, -0.05) is 12.8 Å². The van der Waals surface area contributed by atoms with Crippen LogP contribution < -0.4 is 0 Å². The number of hydrogen-bond acceptors (Lipinski definition) is 2. The van der Waals surface area contributed by atoms with Crippen molar-refractivity contribution < 1.29 is 5.11 Å². The first-order valence-corrected chi connectivity index (χ1v) is 5.73. The lowest BCUT2D eigenvalue weighted by molar-refractivity contribution is 0.0742. The number of aliphatic hydroxyl groups is 1. The molecule has 1 aliphatic rings. The Hall–Kier alpha value is -0.100. The second kappa shape index (κ2) is 3.96. The summed E-state index contributed by atoms with van der Waals surface area (Å²) < 4.78 is 3.06. The van der Waals surface area contributed by atoms with Crippen molar-refractivity contribution in [2.24, 2.45) is 0 Å². The van der Waals surface area contributed by atoms with Gasteiger partial charge in [-0.25, -0.2) is 4.98 Å². The van der Waals surface area contributed by atoms with E-state index in [-0.39, 0.29) is 12.1 Å². The second-order valence-corrected chi connectivity index (χ2v) is 4.49. The van der Waals surface area contributed by atoms with Gasteiger partial charge >= 0.3 is 0 Å². The number of imidazole rings is 1. The van der Waals surface area contributed by atoms with Gasteiger partial charge in [0.1, 0.15) is 0 Å². The Kier molecular flexibility index (Phi) is 2.88. The zero-order valence-electron chi connectivity index (χ0n) is 7.36. The van der Waals surface area contributed by atoms with Gasteiger partial charge in [-0.2, -0.15) is 0 Å². The van der Waals surface area contributed by atoms with Gasteiger partial charge in [-0.05, 0) is 35.4 Å². The molecule has 1 aromatic rings. The summed E-state index contributed by atoms with van der Waals surface area (Å²) >= 11 is 2.21. The fraction of sp³-hybridized carbons (Fsp3) is 0.667. The molecule has 13 heavy (non-hydrogen) atoms. The van der Waals surface area contributed by atoms with E-state index in [2.05, 4.69) is 32.1 Å². The monoisotopic (exact) mass is 292 g/mol. The molecule has 0 aliphatic heterocycles. The normalized spacial score (nSPS) is 29.1. The molecule has 72 valence electrons. The Morgan fingerprint density at radius 3 is 2.85 bits per heavy atom. The van der Waals surface area contributed by atoms with Crippen LogP contribution in [0.3, 0.4) is 0 Å². The van der Waals surface area contributed by atoms with Crippen molar-refractivity contribution in [2.75, 3.05) is 0 Å². The van der Waals surface area contributed by atoms with E-state index in [4.69, 9.17) is 0 Å². The Morgan fingerprint density at radius 1 is 1.46 bits per heavy atom. The molecule has 3 nitrogen and oxygen atoms in total. The van der Waals surface area contributed by atoms with Crippen molar-refractivity contribution in [3.8, 4) is 0 Å². The Bertz CT molecular complexity index is 287. The highest BCUT2D eigenvalue weighted by molar-refractivity contribution is 14.1. The molecule has 1 fully saturated rings. The molecular formula is C9H13IN2O. The Morgan fingerprint density at radius 2 is 2.23 bits per heavy atom. The maximum atomic E-state index is 9.81. The molecule has 2 atom stereocenters. The highest BCUT2D eigenvalue weighted by Crippen LogP contribution is 2.29.